The molecule has 1 aliphatic rings. The van der Waals surface area contributed by atoms with Crippen LogP contribution in [0.3, 0.4) is 0 Å². The van der Waals surface area contributed by atoms with E-state index in [1.807, 2.05) is 56.4 Å². The van der Waals surface area contributed by atoms with Crippen LogP contribution in [0.15, 0.2) is 48.7 Å². The predicted molar refractivity (Wildman–Crippen MR) is 83.7 cm³/mol. The Kier molecular flexibility index (Phi) is 4.28. The molecule has 0 aliphatic carbocycles. The van der Waals surface area contributed by atoms with Crippen LogP contribution in [0.5, 0.6) is 5.75 Å². The second-order valence-electron chi connectivity index (χ2n) is 5.10. The Morgan fingerprint density at radius 1 is 1.05 bits per heavy atom. The van der Waals surface area contributed by atoms with Crippen LogP contribution in [0, 0.1) is 0 Å². The Morgan fingerprint density at radius 2 is 1.75 bits per heavy atom. The summed E-state index contributed by atoms with van der Waals surface area (Å²) in [4.78, 5) is 6.64. The van der Waals surface area contributed by atoms with Gasteiger partial charge in [0.05, 0.1) is 12.2 Å². The summed E-state index contributed by atoms with van der Waals surface area (Å²) in [6.07, 6.45) is 1.82. The number of nitrogens with zero attached hydrogens (tertiary/aromatic N) is 2. The van der Waals surface area contributed by atoms with E-state index in [1.165, 1.54) is 0 Å². The van der Waals surface area contributed by atoms with Gasteiger partial charge in [0.2, 0.25) is 0 Å². The number of hydrogen-bond donors (Lipinski definition) is 0. The first kappa shape index (κ1) is 14.4. The number of ether oxygens (including phenoxy) is 1. The molecule has 106 valence electrons. The predicted octanol–water partition coefficient (Wildman–Crippen LogP) is 4.42. The molecule has 2 heterocycles. The number of rotatable bonds is 1. The fourth-order valence-electron chi connectivity index (χ4n) is 2.28. The van der Waals surface area contributed by atoms with Crippen LogP contribution < -0.4 is 9.64 Å². The summed E-state index contributed by atoms with van der Waals surface area (Å²) in [5.74, 6) is 1.88. The topological polar surface area (TPSA) is 25.4 Å². The third-order valence-corrected chi connectivity index (χ3v) is 3.01. The molecule has 0 radical (unpaired) electrons. The van der Waals surface area contributed by atoms with Gasteiger partial charge in [0.15, 0.2) is 0 Å². The van der Waals surface area contributed by atoms with Gasteiger partial charge in [-0.1, -0.05) is 32.0 Å². The molecule has 0 bridgehead atoms. The zero-order valence-corrected chi connectivity index (χ0v) is 12.6. The summed E-state index contributed by atoms with van der Waals surface area (Å²) in [5, 5.41) is 0. The number of fused-ring (bicyclic) bond motifs is 1. The molecule has 0 N–H and O–H groups in total. The number of para-hydroxylation sites is 2. The lowest BCUT2D eigenvalue weighted by atomic mass is 10.1. The lowest BCUT2D eigenvalue weighted by Gasteiger charge is -2.40. The lowest BCUT2D eigenvalue weighted by molar-refractivity contribution is 0.109. The van der Waals surface area contributed by atoms with Crippen LogP contribution in [-0.2, 0) is 0 Å². The highest BCUT2D eigenvalue weighted by Crippen LogP contribution is 2.39. The smallest absolute Gasteiger partial charge is 0.143 e. The summed E-state index contributed by atoms with van der Waals surface area (Å²) >= 11 is 0. The van der Waals surface area contributed by atoms with E-state index in [2.05, 4.69) is 29.8 Å². The molecule has 20 heavy (non-hydrogen) atoms. The molecule has 0 saturated heterocycles. The van der Waals surface area contributed by atoms with E-state index in [4.69, 9.17) is 4.74 Å². The minimum atomic E-state index is -0.216. The van der Waals surface area contributed by atoms with Gasteiger partial charge in [0.1, 0.15) is 17.2 Å². The second kappa shape index (κ2) is 5.95. The Morgan fingerprint density at radius 3 is 2.45 bits per heavy atom. The number of anilines is 2. The van der Waals surface area contributed by atoms with Crippen molar-refractivity contribution in [3.05, 3.63) is 48.7 Å². The van der Waals surface area contributed by atoms with Gasteiger partial charge in [0.25, 0.3) is 0 Å². The molecule has 3 nitrogen and oxygen atoms in total. The largest absolute Gasteiger partial charge is 0.484 e. The van der Waals surface area contributed by atoms with Gasteiger partial charge in [-0.25, -0.2) is 4.98 Å². The number of pyridine rings is 1. The molecule has 0 unspecified atom stereocenters. The molecular formula is C17H22N2O. The standard InChI is InChI=1S/C15H16N2O.C2H6/c1-15(2)11-17(14-9-5-6-10-16-14)12-7-3-4-8-13(12)18-15;1-2/h3-10H,11H2,1-2H3;1-2H3. The molecule has 0 amide bonds. The summed E-state index contributed by atoms with van der Waals surface area (Å²) in [7, 11) is 0. The maximum atomic E-state index is 6.00. The van der Waals surface area contributed by atoms with Crippen LogP contribution >= 0.6 is 0 Å². The fraction of sp³-hybridized carbons (Fsp3) is 0.353. The number of hydrogen-bond acceptors (Lipinski definition) is 3. The molecule has 0 atom stereocenters. The Labute approximate surface area is 121 Å². The molecular weight excluding hydrogens is 248 g/mol. The van der Waals surface area contributed by atoms with Crippen LogP contribution in [0.1, 0.15) is 27.7 Å². The number of benzene rings is 1. The highest BCUT2D eigenvalue weighted by molar-refractivity contribution is 5.68. The van der Waals surface area contributed by atoms with E-state index in [9.17, 15) is 0 Å². The Bertz CT molecular complexity index is 552. The molecule has 1 aromatic heterocycles. The van der Waals surface area contributed by atoms with Crippen molar-refractivity contribution in [2.24, 2.45) is 0 Å². The first-order valence-corrected chi connectivity index (χ1v) is 7.12. The highest BCUT2D eigenvalue weighted by Gasteiger charge is 2.32. The quantitative estimate of drug-likeness (QED) is 0.767. The van der Waals surface area contributed by atoms with Gasteiger partial charge in [-0.15, -0.1) is 0 Å². The average molecular weight is 270 g/mol. The monoisotopic (exact) mass is 270 g/mol. The SMILES string of the molecule is CC.CC1(C)CN(c2ccccn2)c2ccccc2O1. The molecule has 0 saturated carbocycles. The van der Waals surface area contributed by atoms with Crippen molar-refractivity contribution in [2.75, 3.05) is 11.4 Å². The van der Waals surface area contributed by atoms with Crippen LogP contribution in [0.25, 0.3) is 0 Å². The van der Waals surface area contributed by atoms with Gasteiger partial charge < -0.3 is 9.64 Å². The molecule has 2 aromatic rings. The maximum absolute atomic E-state index is 6.00. The van der Waals surface area contributed by atoms with Crippen molar-refractivity contribution in [3.8, 4) is 5.75 Å². The minimum Gasteiger partial charge on any atom is -0.484 e. The highest BCUT2D eigenvalue weighted by atomic mass is 16.5. The summed E-state index contributed by atoms with van der Waals surface area (Å²) in [6.45, 7) is 8.98. The van der Waals surface area contributed by atoms with Crippen molar-refractivity contribution in [1.29, 1.82) is 0 Å². The Hall–Kier alpha value is -2.03. The van der Waals surface area contributed by atoms with Gasteiger partial charge >= 0.3 is 0 Å². The van der Waals surface area contributed by atoms with E-state index in [1.54, 1.807) is 0 Å². The van der Waals surface area contributed by atoms with Crippen molar-refractivity contribution >= 4 is 11.5 Å². The minimum absolute atomic E-state index is 0.216. The third kappa shape index (κ3) is 2.93. The van der Waals surface area contributed by atoms with Gasteiger partial charge in [-0.3, -0.25) is 0 Å². The zero-order valence-electron chi connectivity index (χ0n) is 12.6. The average Bonchev–Trinajstić information content (AvgIpc) is 2.48. The third-order valence-electron chi connectivity index (χ3n) is 3.01. The van der Waals surface area contributed by atoms with E-state index < -0.39 is 0 Å². The number of aromatic nitrogens is 1. The second-order valence-corrected chi connectivity index (χ2v) is 5.10. The summed E-state index contributed by atoms with van der Waals surface area (Å²) in [6, 6.07) is 14.1. The molecule has 3 heteroatoms. The van der Waals surface area contributed by atoms with Crippen molar-refractivity contribution < 1.29 is 4.74 Å². The van der Waals surface area contributed by atoms with E-state index in [-0.39, 0.29) is 5.60 Å². The first-order chi connectivity index (χ1) is 9.66. The summed E-state index contributed by atoms with van der Waals surface area (Å²) < 4.78 is 6.00. The van der Waals surface area contributed by atoms with Crippen LogP contribution in [0.2, 0.25) is 0 Å². The van der Waals surface area contributed by atoms with E-state index in [0.29, 0.717) is 0 Å². The molecule has 3 rings (SSSR count). The van der Waals surface area contributed by atoms with Crippen LogP contribution in [-0.4, -0.2) is 17.1 Å². The zero-order chi connectivity index (χ0) is 14.6. The van der Waals surface area contributed by atoms with Crippen molar-refractivity contribution in [3.63, 3.8) is 0 Å². The molecule has 1 aliphatic heterocycles. The first-order valence-electron chi connectivity index (χ1n) is 7.12. The van der Waals surface area contributed by atoms with E-state index in [0.717, 1.165) is 23.8 Å². The van der Waals surface area contributed by atoms with Gasteiger partial charge in [0, 0.05) is 6.20 Å². The van der Waals surface area contributed by atoms with Gasteiger partial charge in [-0.2, -0.15) is 0 Å². The van der Waals surface area contributed by atoms with Crippen molar-refractivity contribution in [1.82, 2.24) is 4.98 Å². The molecule has 0 fully saturated rings. The summed E-state index contributed by atoms with van der Waals surface area (Å²) in [5.41, 5.74) is 0.863. The lowest BCUT2D eigenvalue weighted by Crippen LogP contribution is -2.45. The maximum Gasteiger partial charge on any atom is 0.143 e. The van der Waals surface area contributed by atoms with E-state index >= 15 is 0 Å². The van der Waals surface area contributed by atoms with Crippen LogP contribution in [0.4, 0.5) is 11.5 Å². The molecule has 0 spiro atoms. The van der Waals surface area contributed by atoms with Crippen molar-refractivity contribution in [2.45, 2.75) is 33.3 Å². The fourth-order valence-corrected chi connectivity index (χ4v) is 2.28. The Balaban J connectivity index is 0.000000704. The molecule has 1 aromatic carbocycles. The van der Waals surface area contributed by atoms with Gasteiger partial charge in [-0.05, 0) is 38.1 Å². The normalized spacial score (nSPS) is 15.5.